The number of thiocarbonyl (C=S) groups is 1. The van der Waals surface area contributed by atoms with Gasteiger partial charge in [-0.2, -0.15) is 0 Å². The standard InChI is InChI=1S/C6H9NOS/c8-4-5-2-1-3-6(9)7-5/h1,3,5,8H,2,4H2,(H,7,9). The molecule has 0 aromatic carbocycles. The van der Waals surface area contributed by atoms with Gasteiger partial charge in [0.15, 0.2) is 0 Å². The van der Waals surface area contributed by atoms with Crippen LogP contribution >= 0.6 is 12.2 Å². The van der Waals surface area contributed by atoms with Gasteiger partial charge in [-0.05, 0) is 12.5 Å². The quantitative estimate of drug-likeness (QED) is 0.515. The highest BCUT2D eigenvalue weighted by Gasteiger charge is 2.08. The Morgan fingerprint density at radius 3 is 3.11 bits per heavy atom. The van der Waals surface area contributed by atoms with E-state index in [9.17, 15) is 0 Å². The zero-order valence-corrected chi connectivity index (χ0v) is 5.82. The van der Waals surface area contributed by atoms with Gasteiger partial charge in [-0.3, -0.25) is 0 Å². The molecule has 9 heavy (non-hydrogen) atoms. The van der Waals surface area contributed by atoms with E-state index in [1.54, 1.807) is 0 Å². The van der Waals surface area contributed by atoms with Gasteiger partial charge in [0.25, 0.3) is 0 Å². The molecule has 0 amide bonds. The first-order valence-corrected chi connectivity index (χ1v) is 3.31. The maximum absolute atomic E-state index is 8.65. The Kier molecular flexibility index (Phi) is 2.19. The van der Waals surface area contributed by atoms with Gasteiger partial charge in [0.2, 0.25) is 0 Å². The minimum absolute atomic E-state index is 0.141. The largest absolute Gasteiger partial charge is 0.394 e. The normalized spacial score (nSPS) is 25.9. The summed E-state index contributed by atoms with van der Waals surface area (Å²) < 4.78 is 0. The molecule has 0 saturated heterocycles. The SMILES string of the molecule is OCC1CC=CC(=S)N1. The molecule has 0 aromatic heterocycles. The highest BCUT2D eigenvalue weighted by molar-refractivity contribution is 7.80. The van der Waals surface area contributed by atoms with E-state index in [-0.39, 0.29) is 12.6 Å². The molecule has 0 bridgehead atoms. The molecular formula is C6H9NOS. The Balaban J connectivity index is 2.47. The Hall–Kier alpha value is -0.410. The summed E-state index contributed by atoms with van der Waals surface area (Å²) in [5, 5.41) is 11.6. The second-order valence-electron chi connectivity index (χ2n) is 2.03. The molecule has 0 aromatic rings. The van der Waals surface area contributed by atoms with E-state index >= 15 is 0 Å². The van der Waals surface area contributed by atoms with E-state index in [2.05, 4.69) is 5.32 Å². The fraction of sp³-hybridized carbons (Fsp3) is 0.500. The topological polar surface area (TPSA) is 32.3 Å². The van der Waals surface area contributed by atoms with Crippen molar-refractivity contribution >= 4 is 17.2 Å². The molecule has 3 heteroatoms. The van der Waals surface area contributed by atoms with Crippen LogP contribution in [0.2, 0.25) is 0 Å². The predicted octanol–water partition coefficient (Wildman–Crippen LogP) is 0.224. The van der Waals surface area contributed by atoms with E-state index < -0.39 is 0 Å². The monoisotopic (exact) mass is 143 g/mol. The highest BCUT2D eigenvalue weighted by atomic mass is 32.1. The first kappa shape index (κ1) is 6.71. The summed E-state index contributed by atoms with van der Waals surface area (Å²) in [5.41, 5.74) is 0. The Labute approximate surface area is 59.6 Å². The molecule has 0 radical (unpaired) electrons. The molecule has 0 fully saturated rings. The van der Waals surface area contributed by atoms with Crippen molar-refractivity contribution in [1.29, 1.82) is 0 Å². The lowest BCUT2D eigenvalue weighted by atomic mass is 10.1. The molecule has 2 N–H and O–H groups in total. The molecule has 1 aliphatic rings. The third-order valence-corrected chi connectivity index (χ3v) is 1.51. The summed E-state index contributed by atoms with van der Waals surface area (Å²) in [4.78, 5) is 0.723. The maximum atomic E-state index is 8.65. The molecule has 0 saturated carbocycles. The van der Waals surface area contributed by atoms with Crippen molar-refractivity contribution in [1.82, 2.24) is 5.32 Å². The van der Waals surface area contributed by atoms with Crippen molar-refractivity contribution in [3.05, 3.63) is 12.2 Å². The Morgan fingerprint density at radius 1 is 1.89 bits per heavy atom. The van der Waals surface area contributed by atoms with Crippen molar-refractivity contribution in [3.8, 4) is 0 Å². The number of aliphatic hydroxyl groups is 1. The zero-order valence-electron chi connectivity index (χ0n) is 5.00. The van der Waals surface area contributed by atoms with Crippen LogP contribution in [0, 0.1) is 0 Å². The summed E-state index contributed by atoms with van der Waals surface area (Å²) in [6.45, 7) is 0.157. The van der Waals surface area contributed by atoms with Gasteiger partial charge in [-0.1, -0.05) is 18.3 Å². The average molecular weight is 143 g/mol. The lowest BCUT2D eigenvalue weighted by Crippen LogP contribution is -2.37. The van der Waals surface area contributed by atoms with Crippen LogP contribution in [0.5, 0.6) is 0 Å². The van der Waals surface area contributed by atoms with Crippen LogP contribution in [-0.4, -0.2) is 22.7 Å². The molecule has 1 rings (SSSR count). The third-order valence-electron chi connectivity index (χ3n) is 1.26. The van der Waals surface area contributed by atoms with Gasteiger partial charge >= 0.3 is 0 Å². The van der Waals surface area contributed by atoms with Gasteiger partial charge < -0.3 is 10.4 Å². The summed E-state index contributed by atoms with van der Waals surface area (Å²) in [6, 6.07) is 0.141. The van der Waals surface area contributed by atoms with Crippen LogP contribution < -0.4 is 5.32 Å². The second kappa shape index (κ2) is 2.94. The molecular weight excluding hydrogens is 134 g/mol. The molecule has 2 nitrogen and oxygen atoms in total. The smallest absolute Gasteiger partial charge is 0.0987 e. The van der Waals surface area contributed by atoms with Crippen molar-refractivity contribution in [3.63, 3.8) is 0 Å². The van der Waals surface area contributed by atoms with Crippen molar-refractivity contribution in [2.45, 2.75) is 12.5 Å². The van der Waals surface area contributed by atoms with Crippen LogP contribution in [0.4, 0.5) is 0 Å². The molecule has 1 atom stereocenters. The predicted molar refractivity (Wildman–Crippen MR) is 40.4 cm³/mol. The van der Waals surface area contributed by atoms with Crippen LogP contribution in [0.3, 0.4) is 0 Å². The van der Waals surface area contributed by atoms with Crippen LogP contribution in [0.1, 0.15) is 6.42 Å². The highest BCUT2D eigenvalue weighted by Crippen LogP contribution is 1.99. The minimum atomic E-state index is 0.141. The Morgan fingerprint density at radius 2 is 2.67 bits per heavy atom. The van der Waals surface area contributed by atoms with E-state index in [1.807, 2.05) is 12.2 Å². The lowest BCUT2D eigenvalue weighted by molar-refractivity contribution is 0.256. The van der Waals surface area contributed by atoms with Gasteiger partial charge in [0.1, 0.15) is 0 Å². The molecule has 0 spiro atoms. The van der Waals surface area contributed by atoms with Crippen molar-refractivity contribution < 1.29 is 5.11 Å². The van der Waals surface area contributed by atoms with Crippen molar-refractivity contribution in [2.75, 3.05) is 6.61 Å². The van der Waals surface area contributed by atoms with Crippen LogP contribution in [0.15, 0.2) is 12.2 Å². The summed E-state index contributed by atoms with van der Waals surface area (Å²) in [5.74, 6) is 0. The van der Waals surface area contributed by atoms with E-state index in [1.165, 1.54) is 0 Å². The molecule has 0 aliphatic carbocycles. The number of aliphatic hydroxyl groups excluding tert-OH is 1. The van der Waals surface area contributed by atoms with Crippen LogP contribution in [-0.2, 0) is 0 Å². The number of nitrogens with one attached hydrogen (secondary N) is 1. The Bertz CT molecular complexity index is 144. The first-order chi connectivity index (χ1) is 4.33. The van der Waals surface area contributed by atoms with Gasteiger partial charge in [0.05, 0.1) is 17.6 Å². The average Bonchev–Trinajstić information content (AvgIpc) is 1.88. The van der Waals surface area contributed by atoms with Gasteiger partial charge in [0, 0.05) is 0 Å². The maximum Gasteiger partial charge on any atom is 0.0987 e. The lowest BCUT2D eigenvalue weighted by Gasteiger charge is -2.18. The van der Waals surface area contributed by atoms with Crippen molar-refractivity contribution in [2.24, 2.45) is 0 Å². The van der Waals surface area contributed by atoms with Crippen LogP contribution in [0.25, 0.3) is 0 Å². The van der Waals surface area contributed by atoms with Gasteiger partial charge in [-0.15, -0.1) is 0 Å². The minimum Gasteiger partial charge on any atom is -0.394 e. The number of hydrogen-bond donors (Lipinski definition) is 2. The second-order valence-corrected chi connectivity index (χ2v) is 2.47. The third kappa shape index (κ3) is 1.77. The van der Waals surface area contributed by atoms with Gasteiger partial charge in [-0.25, -0.2) is 0 Å². The number of hydrogen-bond acceptors (Lipinski definition) is 2. The molecule has 1 aliphatic heterocycles. The van der Waals surface area contributed by atoms with E-state index in [0.717, 1.165) is 11.4 Å². The summed E-state index contributed by atoms with van der Waals surface area (Å²) in [6.07, 6.45) is 4.69. The zero-order chi connectivity index (χ0) is 6.69. The molecule has 1 heterocycles. The van der Waals surface area contributed by atoms with E-state index in [4.69, 9.17) is 17.3 Å². The van der Waals surface area contributed by atoms with E-state index in [0.29, 0.717) is 0 Å². The summed E-state index contributed by atoms with van der Waals surface area (Å²) in [7, 11) is 0. The molecule has 1 unspecified atom stereocenters. The fourth-order valence-corrected chi connectivity index (χ4v) is 1.03. The summed E-state index contributed by atoms with van der Waals surface area (Å²) >= 11 is 4.84. The fourth-order valence-electron chi connectivity index (χ4n) is 0.768. The first-order valence-electron chi connectivity index (χ1n) is 2.91. The number of rotatable bonds is 1. The molecule has 50 valence electrons.